The van der Waals surface area contributed by atoms with Gasteiger partial charge in [-0.15, -0.1) is 0 Å². The van der Waals surface area contributed by atoms with Crippen LogP contribution in [0.3, 0.4) is 0 Å². The molecular weight excluding hydrogens is 226 g/mol. The fourth-order valence-corrected chi connectivity index (χ4v) is 1.66. The molecule has 4 heteroatoms. The Kier molecular flexibility index (Phi) is 3.77. The van der Waals surface area contributed by atoms with Gasteiger partial charge < -0.3 is 10.1 Å². The summed E-state index contributed by atoms with van der Waals surface area (Å²) in [5, 5.41) is 3.18. The Morgan fingerprint density at radius 1 is 1.11 bits per heavy atom. The molecule has 0 bridgehead atoms. The van der Waals surface area contributed by atoms with Crippen molar-refractivity contribution >= 4 is 5.95 Å². The molecule has 94 valence electrons. The van der Waals surface area contributed by atoms with Gasteiger partial charge in [-0.3, -0.25) is 0 Å². The Morgan fingerprint density at radius 3 is 2.50 bits per heavy atom. The second-order valence-electron chi connectivity index (χ2n) is 4.25. The van der Waals surface area contributed by atoms with Gasteiger partial charge in [0.1, 0.15) is 5.75 Å². The van der Waals surface area contributed by atoms with Crippen molar-refractivity contribution in [2.75, 3.05) is 12.4 Å². The molecule has 0 amide bonds. The summed E-state index contributed by atoms with van der Waals surface area (Å²) in [7, 11) is 1.68. The van der Waals surface area contributed by atoms with Crippen LogP contribution in [0.1, 0.15) is 16.7 Å². The number of aryl methyl sites for hydroxylation is 2. The molecule has 0 unspecified atom stereocenters. The normalized spacial score (nSPS) is 10.2. The molecule has 2 aromatic rings. The number of hydrogen-bond acceptors (Lipinski definition) is 4. The van der Waals surface area contributed by atoms with Crippen LogP contribution >= 0.6 is 0 Å². The van der Waals surface area contributed by atoms with Crippen LogP contribution in [0.15, 0.2) is 30.6 Å². The molecule has 1 heterocycles. The van der Waals surface area contributed by atoms with Crippen LogP contribution in [0.5, 0.6) is 5.75 Å². The van der Waals surface area contributed by atoms with Gasteiger partial charge >= 0.3 is 0 Å². The van der Waals surface area contributed by atoms with Crippen LogP contribution in [0, 0.1) is 13.8 Å². The molecule has 18 heavy (non-hydrogen) atoms. The number of ether oxygens (including phenoxy) is 1. The van der Waals surface area contributed by atoms with E-state index in [1.807, 2.05) is 19.9 Å². The fraction of sp³-hybridized carbons (Fsp3) is 0.286. The third kappa shape index (κ3) is 2.97. The highest BCUT2D eigenvalue weighted by Gasteiger charge is 2.03. The van der Waals surface area contributed by atoms with E-state index in [9.17, 15) is 0 Å². The zero-order valence-corrected chi connectivity index (χ0v) is 10.9. The number of anilines is 1. The number of aromatic nitrogens is 2. The Bertz CT molecular complexity index is 523. The van der Waals surface area contributed by atoms with E-state index in [-0.39, 0.29) is 0 Å². The van der Waals surface area contributed by atoms with E-state index in [1.165, 1.54) is 5.56 Å². The molecule has 0 saturated carbocycles. The molecule has 0 saturated heterocycles. The minimum absolute atomic E-state index is 0.628. The average molecular weight is 243 g/mol. The maximum atomic E-state index is 5.35. The first-order valence-corrected chi connectivity index (χ1v) is 5.85. The summed E-state index contributed by atoms with van der Waals surface area (Å²) in [6.07, 6.45) is 3.59. The maximum absolute atomic E-state index is 5.35. The molecule has 1 N–H and O–H groups in total. The lowest BCUT2D eigenvalue weighted by molar-refractivity contribution is 0.410. The van der Waals surface area contributed by atoms with Crippen LogP contribution in [0.4, 0.5) is 5.95 Å². The molecule has 2 rings (SSSR count). The molecule has 0 aliphatic rings. The van der Waals surface area contributed by atoms with Gasteiger partial charge in [0, 0.05) is 24.5 Å². The molecule has 1 aromatic carbocycles. The predicted molar refractivity (Wildman–Crippen MR) is 71.8 cm³/mol. The molecule has 0 radical (unpaired) electrons. The molecule has 4 nitrogen and oxygen atoms in total. The molecule has 0 aliphatic heterocycles. The second-order valence-corrected chi connectivity index (χ2v) is 4.25. The topological polar surface area (TPSA) is 47.0 Å². The number of benzene rings is 1. The molecule has 1 aromatic heterocycles. The fourth-order valence-electron chi connectivity index (χ4n) is 1.66. The quantitative estimate of drug-likeness (QED) is 0.897. The van der Waals surface area contributed by atoms with Crippen molar-refractivity contribution < 1.29 is 4.74 Å². The summed E-state index contributed by atoms with van der Waals surface area (Å²) in [4.78, 5) is 8.41. The van der Waals surface area contributed by atoms with Crippen molar-refractivity contribution in [3.63, 3.8) is 0 Å². The lowest BCUT2D eigenvalue weighted by Crippen LogP contribution is -2.05. The van der Waals surface area contributed by atoms with Gasteiger partial charge in [0.25, 0.3) is 0 Å². The highest BCUT2D eigenvalue weighted by atomic mass is 16.5. The van der Waals surface area contributed by atoms with Crippen LogP contribution in [0.2, 0.25) is 0 Å². The van der Waals surface area contributed by atoms with Gasteiger partial charge in [-0.1, -0.05) is 12.1 Å². The first-order valence-electron chi connectivity index (χ1n) is 5.85. The number of nitrogens with zero attached hydrogens (tertiary/aromatic N) is 2. The van der Waals surface area contributed by atoms with Gasteiger partial charge in [-0.2, -0.15) is 0 Å². The molecule has 0 atom stereocenters. The lowest BCUT2D eigenvalue weighted by atomic mass is 10.1. The van der Waals surface area contributed by atoms with Crippen molar-refractivity contribution in [1.82, 2.24) is 9.97 Å². The Balaban J connectivity index is 2.08. The zero-order valence-electron chi connectivity index (χ0n) is 10.9. The van der Waals surface area contributed by atoms with Crippen LogP contribution in [-0.2, 0) is 6.54 Å². The molecule has 0 aliphatic carbocycles. The Labute approximate surface area is 107 Å². The number of methoxy groups -OCH3 is 1. The van der Waals surface area contributed by atoms with E-state index in [0.717, 1.165) is 16.9 Å². The summed E-state index contributed by atoms with van der Waals surface area (Å²) in [6.45, 7) is 4.65. The summed E-state index contributed by atoms with van der Waals surface area (Å²) in [5.41, 5.74) is 3.32. The summed E-state index contributed by atoms with van der Waals surface area (Å²) in [5.74, 6) is 1.51. The van der Waals surface area contributed by atoms with Crippen molar-refractivity contribution in [2.24, 2.45) is 0 Å². The van der Waals surface area contributed by atoms with E-state index in [4.69, 9.17) is 4.74 Å². The predicted octanol–water partition coefficient (Wildman–Crippen LogP) is 2.71. The number of rotatable bonds is 4. The number of hydrogen-bond donors (Lipinski definition) is 1. The zero-order chi connectivity index (χ0) is 13.0. The summed E-state index contributed by atoms with van der Waals surface area (Å²) < 4.78 is 5.35. The highest BCUT2D eigenvalue weighted by molar-refractivity contribution is 5.39. The van der Waals surface area contributed by atoms with Crippen molar-refractivity contribution in [3.05, 3.63) is 47.3 Å². The lowest BCUT2D eigenvalue weighted by Gasteiger charge is -2.10. The van der Waals surface area contributed by atoms with Crippen molar-refractivity contribution in [1.29, 1.82) is 0 Å². The van der Waals surface area contributed by atoms with Crippen molar-refractivity contribution in [3.8, 4) is 5.75 Å². The second kappa shape index (κ2) is 5.49. The average Bonchev–Trinajstić information content (AvgIpc) is 2.39. The van der Waals surface area contributed by atoms with E-state index in [0.29, 0.717) is 12.5 Å². The molecule has 0 spiro atoms. The third-order valence-electron chi connectivity index (χ3n) is 2.66. The van der Waals surface area contributed by atoms with Gasteiger partial charge in [0.05, 0.1) is 7.11 Å². The molecular formula is C14H17N3O. The third-order valence-corrected chi connectivity index (χ3v) is 2.66. The van der Waals surface area contributed by atoms with Gasteiger partial charge in [0.2, 0.25) is 5.95 Å². The molecule has 0 fully saturated rings. The first kappa shape index (κ1) is 12.4. The van der Waals surface area contributed by atoms with Gasteiger partial charge in [-0.05, 0) is 31.0 Å². The van der Waals surface area contributed by atoms with E-state index >= 15 is 0 Å². The van der Waals surface area contributed by atoms with E-state index in [2.05, 4.69) is 27.4 Å². The van der Waals surface area contributed by atoms with Crippen LogP contribution in [-0.4, -0.2) is 17.1 Å². The number of nitrogens with one attached hydrogen (secondary N) is 1. The van der Waals surface area contributed by atoms with Gasteiger partial charge in [-0.25, -0.2) is 9.97 Å². The van der Waals surface area contributed by atoms with Crippen LogP contribution < -0.4 is 10.1 Å². The summed E-state index contributed by atoms with van der Waals surface area (Å²) in [6, 6.07) is 6.14. The van der Waals surface area contributed by atoms with E-state index < -0.39 is 0 Å². The first-order chi connectivity index (χ1) is 8.69. The van der Waals surface area contributed by atoms with Gasteiger partial charge in [0.15, 0.2) is 0 Å². The largest absolute Gasteiger partial charge is 0.496 e. The van der Waals surface area contributed by atoms with Crippen molar-refractivity contribution in [2.45, 2.75) is 20.4 Å². The standard InChI is InChI=1S/C14H17N3O/c1-10-4-5-12(13(6-10)18-3)9-17-14-15-7-11(2)8-16-14/h4-8H,9H2,1-3H3,(H,15,16,17). The van der Waals surface area contributed by atoms with E-state index in [1.54, 1.807) is 19.5 Å². The Morgan fingerprint density at radius 2 is 1.83 bits per heavy atom. The maximum Gasteiger partial charge on any atom is 0.222 e. The smallest absolute Gasteiger partial charge is 0.222 e. The van der Waals surface area contributed by atoms with Crippen LogP contribution in [0.25, 0.3) is 0 Å². The minimum Gasteiger partial charge on any atom is -0.496 e. The Hall–Kier alpha value is -2.10. The minimum atomic E-state index is 0.628. The monoisotopic (exact) mass is 243 g/mol. The SMILES string of the molecule is COc1cc(C)ccc1CNc1ncc(C)cn1. The summed E-state index contributed by atoms with van der Waals surface area (Å²) >= 11 is 0. The highest BCUT2D eigenvalue weighted by Crippen LogP contribution is 2.20.